The molecule has 0 bridgehead atoms. The van der Waals surface area contributed by atoms with Gasteiger partial charge in [0.1, 0.15) is 5.75 Å². The lowest BCUT2D eigenvalue weighted by molar-refractivity contribution is -0.125. The summed E-state index contributed by atoms with van der Waals surface area (Å²) in [5.41, 5.74) is 2.17. The zero-order valence-electron chi connectivity index (χ0n) is 13.4. The molecule has 0 N–H and O–H groups in total. The fourth-order valence-electron chi connectivity index (χ4n) is 2.19. The number of hydrogen-bond donors (Lipinski definition) is 0. The maximum Gasteiger partial charge on any atom is 0.246 e. The molecule has 4 heteroatoms. The van der Waals surface area contributed by atoms with Crippen molar-refractivity contribution in [3.05, 3.63) is 57.3 Å². The molecule has 22 heavy (non-hydrogen) atoms. The molecule has 1 amide bonds. The molecule has 116 valence electrons. The first-order valence-corrected chi connectivity index (χ1v) is 7.94. The summed E-state index contributed by atoms with van der Waals surface area (Å²) in [6.07, 6.45) is 3.48. The van der Waals surface area contributed by atoms with E-state index in [1.165, 1.54) is 4.88 Å². The topological polar surface area (TPSA) is 29.5 Å². The molecule has 0 radical (unpaired) electrons. The van der Waals surface area contributed by atoms with Crippen molar-refractivity contribution in [2.45, 2.75) is 20.4 Å². The van der Waals surface area contributed by atoms with Crippen molar-refractivity contribution in [2.75, 3.05) is 14.2 Å². The van der Waals surface area contributed by atoms with Crippen LogP contribution in [0.2, 0.25) is 0 Å². The highest BCUT2D eigenvalue weighted by atomic mass is 32.1. The number of carbonyl (C=O) groups is 1. The molecular weight excluding hydrogens is 294 g/mol. The van der Waals surface area contributed by atoms with Gasteiger partial charge in [-0.2, -0.15) is 0 Å². The summed E-state index contributed by atoms with van der Waals surface area (Å²) in [5.74, 6) is 0.790. The van der Waals surface area contributed by atoms with Gasteiger partial charge in [0.2, 0.25) is 5.91 Å². The van der Waals surface area contributed by atoms with Gasteiger partial charge in [0.05, 0.1) is 7.11 Å². The monoisotopic (exact) mass is 315 g/mol. The third kappa shape index (κ3) is 4.21. The molecule has 0 aliphatic carbocycles. The van der Waals surface area contributed by atoms with E-state index in [1.54, 1.807) is 36.5 Å². The van der Waals surface area contributed by atoms with Gasteiger partial charge in [-0.25, -0.2) is 0 Å². The number of thiophene rings is 1. The molecular formula is C18H21NO2S. The van der Waals surface area contributed by atoms with Gasteiger partial charge in [-0.05, 0) is 38.1 Å². The average molecular weight is 315 g/mol. The molecule has 0 saturated heterocycles. The summed E-state index contributed by atoms with van der Waals surface area (Å²) in [5, 5.41) is 0. The molecule has 0 aliphatic rings. The van der Waals surface area contributed by atoms with Crippen molar-refractivity contribution in [1.82, 2.24) is 4.90 Å². The average Bonchev–Trinajstić information content (AvgIpc) is 2.90. The highest BCUT2D eigenvalue weighted by Crippen LogP contribution is 2.21. The molecule has 3 nitrogen and oxygen atoms in total. The second kappa shape index (κ2) is 7.27. The molecule has 2 rings (SSSR count). The minimum atomic E-state index is -0.0189. The largest absolute Gasteiger partial charge is 0.496 e. The second-order valence-electron chi connectivity index (χ2n) is 5.29. The molecule has 0 aliphatic heterocycles. The van der Waals surface area contributed by atoms with E-state index in [-0.39, 0.29) is 5.91 Å². The van der Waals surface area contributed by atoms with Gasteiger partial charge in [0.15, 0.2) is 0 Å². The Morgan fingerprint density at radius 1 is 1.27 bits per heavy atom. The van der Waals surface area contributed by atoms with E-state index in [4.69, 9.17) is 4.74 Å². The van der Waals surface area contributed by atoms with Crippen molar-refractivity contribution in [1.29, 1.82) is 0 Å². The SMILES string of the molecule is COc1ccc(C)cc1CN(C)C(=O)/C=C/c1ccc(C)s1. The van der Waals surface area contributed by atoms with Gasteiger partial charge in [0.25, 0.3) is 0 Å². The van der Waals surface area contributed by atoms with Crippen molar-refractivity contribution in [3.8, 4) is 5.75 Å². The predicted molar refractivity (Wildman–Crippen MR) is 92.3 cm³/mol. The Kier molecular flexibility index (Phi) is 5.39. The van der Waals surface area contributed by atoms with E-state index in [1.807, 2.05) is 31.2 Å². The summed E-state index contributed by atoms with van der Waals surface area (Å²) in [6, 6.07) is 10.1. The molecule has 1 heterocycles. The first-order valence-electron chi connectivity index (χ1n) is 7.12. The number of ether oxygens (including phenoxy) is 1. The van der Waals surface area contributed by atoms with E-state index < -0.39 is 0 Å². The lowest BCUT2D eigenvalue weighted by Gasteiger charge is -2.17. The summed E-state index contributed by atoms with van der Waals surface area (Å²) in [7, 11) is 3.45. The number of carbonyl (C=O) groups excluding carboxylic acids is 1. The molecule has 1 aromatic heterocycles. The van der Waals surface area contributed by atoms with E-state index in [0.717, 1.165) is 21.8 Å². The van der Waals surface area contributed by atoms with Crippen molar-refractivity contribution in [3.63, 3.8) is 0 Å². The van der Waals surface area contributed by atoms with Crippen LogP contribution in [0.3, 0.4) is 0 Å². The summed E-state index contributed by atoms with van der Waals surface area (Å²) in [4.78, 5) is 16.2. The van der Waals surface area contributed by atoms with Crippen LogP contribution in [0.1, 0.15) is 20.9 Å². The third-order valence-electron chi connectivity index (χ3n) is 3.37. The van der Waals surface area contributed by atoms with Gasteiger partial charge in [0, 0.05) is 35.0 Å². The Bertz CT molecular complexity index is 688. The zero-order chi connectivity index (χ0) is 16.1. The minimum absolute atomic E-state index is 0.0189. The van der Waals surface area contributed by atoms with Gasteiger partial charge in [-0.15, -0.1) is 11.3 Å². The fourth-order valence-corrected chi connectivity index (χ4v) is 2.97. The molecule has 1 aromatic carbocycles. The predicted octanol–water partition coefficient (Wildman–Crippen LogP) is 4.05. The van der Waals surface area contributed by atoms with Crippen LogP contribution in [-0.2, 0) is 11.3 Å². The smallest absolute Gasteiger partial charge is 0.246 e. The maximum atomic E-state index is 12.2. The Balaban J connectivity index is 2.05. The Morgan fingerprint density at radius 2 is 2.05 bits per heavy atom. The zero-order valence-corrected chi connectivity index (χ0v) is 14.2. The van der Waals surface area contributed by atoms with Crippen LogP contribution in [0.4, 0.5) is 0 Å². The van der Waals surface area contributed by atoms with Crippen LogP contribution in [0.15, 0.2) is 36.4 Å². The number of aryl methyl sites for hydroxylation is 2. The van der Waals surface area contributed by atoms with Crippen molar-refractivity contribution < 1.29 is 9.53 Å². The summed E-state index contributed by atoms with van der Waals surface area (Å²) >= 11 is 1.68. The quantitative estimate of drug-likeness (QED) is 0.779. The van der Waals surface area contributed by atoms with Crippen LogP contribution >= 0.6 is 11.3 Å². The standard InChI is InChI=1S/C18H21NO2S/c1-13-5-9-17(21-4)15(11-13)12-19(3)18(20)10-8-16-7-6-14(2)22-16/h5-11H,12H2,1-4H3/b10-8+. The van der Waals surface area contributed by atoms with Crippen LogP contribution in [-0.4, -0.2) is 25.0 Å². The highest BCUT2D eigenvalue weighted by Gasteiger charge is 2.10. The lowest BCUT2D eigenvalue weighted by Crippen LogP contribution is -2.24. The normalized spacial score (nSPS) is 10.9. The molecule has 0 saturated carbocycles. The van der Waals surface area contributed by atoms with E-state index in [0.29, 0.717) is 6.54 Å². The second-order valence-corrected chi connectivity index (χ2v) is 6.61. The van der Waals surface area contributed by atoms with Crippen molar-refractivity contribution >= 4 is 23.3 Å². The van der Waals surface area contributed by atoms with E-state index in [9.17, 15) is 4.79 Å². The van der Waals surface area contributed by atoms with Crippen LogP contribution in [0, 0.1) is 13.8 Å². The molecule has 0 spiro atoms. The maximum absolute atomic E-state index is 12.2. The third-order valence-corrected chi connectivity index (χ3v) is 4.34. The summed E-state index contributed by atoms with van der Waals surface area (Å²) in [6.45, 7) is 4.61. The number of amides is 1. The molecule has 2 aromatic rings. The van der Waals surface area contributed by atoms with Crippen LogP contribution in [0.5, 0.6) is 5.75 Å². The van der Waals surface area contributed by atoms with E-state index >= 15 is 0 Å². The van der Waals surface area contributed by atoms with Crippen LogP contribution < -0.4 is 4.74 Å². The fraction of sp³-hybridized carbons (Fsp3) is 0.278. The Hall–Kier alpha value is -2.07. The van der Waals surface area contributed by atoms with Gasteiger partial charge < -0.3 is 9.64 Å². The number of likely N-dealkylation sites (N-methyl/N-ethyl adjacent to an activating group) is 1. The molecule has 0 atom stereocenters. The molecule has 0 unspecified atom stereocenters. The molecule has 0 fully saturated rings. The number of methoxy groups -OCH3 is 1. The van der Waals surface area contributed by atoms with Gasteiger partial charge in [-0.1, -0.05) is 17.7 Å². The van der Waals surface area contributed by atoms with E-state index in [2.05, 4.69) is 19.1 Å². The first kappa shape index (κ1) is 16.3. The number of benzene rings is 1. The number of rotatable bonds is 5. The Morgan fingerprint density at radius 3 is 2.68 bits per heavy atom. The highest BCUT2D eigenvalue weighted by molar-refractivity contribution is 7.12. The number of hydrogen-bond acceptors (Lipinski definition) is 3. The van der Waals surface area contributed by atoms with Crippen molar-refractivity contribution in [2.24, 2.45) is 0 Å². The van der Waals surface area contributed by atoms with Crippen LogP contribution in [0.25, 0.3) is 6.08 Å². The Labute approximate surface area is 135 Å². The van der Waals surface area contributed by atoms with Gasteiger partial charge >= 0.3 is 0 Å². The minimum Gasteiger partial charge on any atom is -0.496 e. The lowest BCUT2D eigenvalue weighted by atomic mass is 10.1. The van der Waals surface area contributed by atoms with Gasteiger partial charge in [-0.3, -0.25) is 4.79 Å². The summed E-state index contributed by atoms with van der Waals surface area (Å²) < 4.78 is 5.36. The first-order chi connectivity index (χ1) is 10.5. The number of nitrogens with zero attached hydrogens (tertiary/aromatic N) is 1.